The van der Waals surface area contributed by atoms with E-state index >= 15 is 0 Å². The highest BCUT2D eigenvalue weighted by atomic mass is 16.1. The maximum absolute atomic E-state index is 13.7. The molecule has 33 heavy (non-hydrogen) atoms. The molecule has 4 aromatic rings. The molecule has 0 spiro atoms. The van der Waals surface area contributed by atoms with Crippen LogP contribution in [-0.2, 0) is 0 Å². The first-order valence-electron chi connectivity index (χ1n) is 10.4. The molecule has 0 amide bonds. The normalized spacial score (nSPS) is 11.2. The highest BCUT2D eigenvalue weighted by Gasteiger charge is 2.22. The zero-order valence-corrected chi connectivity index (χ0v) is 18.7. The molecule has 0 radical (unpaired) electrons. The van der Waals surface area contributed by atoms with E-state index in [1.165, 1.54) is 0 Å². The van der Waals surface area contributed by atoms with Gasteiger partial charge in [0, 0.05) is 31.4 Å². The standard InChI is InChI=1S/C27H23N5O/c1-5-20-11-13-21(14-12-20)22-7-6-8-23(17-22)26(33)25(18-31(3)4)27-28-29-30-32(27)24-15-9-19(2)10-16-24/h1,6-18H,2-4H3. The summed E-state index contributed by atoms with van der Waals surface area (Å²) < 4.78 is 1.58. The number of terminal acetylenes is 1. The van der Waals surface area contributed by atoms with Gasteiger partial charge in [-0.3, -0.25) is 4.79 Å². The van der Waals surface area contributed by atoms with Gasteiger partial charge in [-0.25, -0.2) is 0 Å². The summed E-state index contributed by atoms with van der Waals surface area (Å²) in [5.74, 6) is 2.82. The summed E-state index contributed by atoms with van der Waals surface area (Å²) >= 11 is 0. The number of carbonyl (C=O) groups is 1. The van der Waals surface area contributed by atoms with Crippen LogP contribution in [0.3, 0.4) is 0 Å². The van der Waals surface area contributed by atoms with Crippen molar-refractivity contribution >= 4 is 11.4 Å². The van der Waals surface area contributed by atoms with E-state index in [-0.39, 0.29) is 5.78 Å². The summed E-state index contributed by atoms with van der Waals surface area (Å²) in [6, 6.07) is 23.0. The number of allylic oxidation sites excluding steroid dienone is 1. The quantitative estimate of drug-likeness (QED) is 0.256. The largest absolute Gasteiger partial charge is 0.383 e. The molecule has 3 aromatic carbocycles. The second-order valence-corrected chi connectivity index (χ2v) is 7.89. The molecule has 0 aliphatic rings. The molecule has 0 atom stereocenters. The molecule has 162 valence electrons. The van der Waals surface area contributed by atoms with E-state index in [1.807, 2.05) is 92.6 Å². The highest BCUT2D eigenvalue weighted by Crippen LogP contribution is 2.25. The van der Waals surface area contributed by atoms with Gasteiger partial charge >= 0.3 is 0 Å². The number of rotatable bonds is 6. The zero-order chi connectivity index (χ0) is 23.4. The molecule has 0 saturated heterocycles. The number of ketones is 1. The molecule has 6 heteroatoms. The number of aromatic nitrogens is 4. The van der Waals surface area contributed by atoms with E-state index in [0.29, 0.717) is 17.0 Å². The van der Waals surface area contributed by atoms with E-state index in [2.05, 4.69) is 21.4 Å². The lowest BCUT2D eigenvalue weighted by Gasteiger charge is -2.12. The van der Waals surface area contributed by atoms with Crippen molar-refractivity contribution in [3.05, 3.63) is 102 Å². The predicted molar refractivity (Wildman–Crippen MR) is 130 cm³/mol. The fourth-order valence-corrected chi connectivity index (χ4v) is 3.45. The number of carbonyl (C=O) groups excluding carboxylic acids is 1. The van der Waals surface area contributed by atoms with Crippen molar-refractivity contribution in [2.45, 2.75) is 6.92 Å². The number of hydrogen-bond donors (Lipinski definition) is 0. The van der Waals surface area contributed by atoms with Gasteiger partial charge in [-0.1, -0.05) is 53.9 Å². The average Bonchev–Trinajstić information content (AvgIpc) is 3.32. The minimum absolute atomic E-state index is 0.172. The summed E-state index contributed by atoms with van der Waals surface area (Å²) in [4.78, 5) is 15.5. The first kappa shape index (κ1) is 21.7. The van der Waals surface area contributed by atoms with Gasteiger partial charge in [0.1, 0.15) is 0 Å². The van der Waals surface area contributed by atoms with Crippen molar-refractivity contribution in [1.29, 1.82) is 0 Å². The third-order valence-corrected chi connectivity index (χ3v) is 5.13. The van der Waals surface area contributed by atoms with E-state index in [9.17, 15) is 4.79 Å². The lowest BCUT2D eigenvalue weighted by atomic mass is 9.97. The molecule has 0 aliphatic carbocycles. The maximum Gasteiger partial charge on any atom is 0.198 e. The molecule has 6 nitrogen and oxygen atoms in total. The van der Waals surface area contributed by atoms with Gasteiger partial charge in [0.2, 0.25) is 0 Å². The topological polar surface area (TPSA) is 63.9 Å². The molecule has 0 unspecified atom stereocenters. The van der Waals surface area contributed by atoms with E-state index < -0.39 is 0 Å². The number of nitrogens with zero attached hydrogens (tertiary/aromatic N) is 5. The summed E-state index contributed by atoms with van der Waals surface area (Å²) in [7, 11) is 3.72. The number of aryl methyl sites for hydroxylation is 1. The van der Waals surface area contributed by atoms with Crippen molar-refractivity contribution in [1.82, 2.24) is 25.1 Å². The molecule has 1 heterocycles. The third-order valence-electron chi connectivity index (χ3n) is 5.13. The second kappa shape index (κ2) is 9.33. The van der Waals surface area contributed by atoms with Gasteiger partial charge in [-0.15, -0.1) is 11.5 Å². The minimum Gasteiger partial charge on any atom is -0.383 e. The van der Waals surface area contributed by atoms with Crippen molar-refractivity contribution in [2.24, 2.45) is 0 Å². The number of tetrazole rings is 1. The van der Waals surface area contributed by atoms with E-state index in [0.717, 1.165) is 27.9 Å². The van der Waals surface area contributed by atoms with Gasteiger partial charge in [0.25, 0.3) is 0 Å². The molecular weight excluding hydrogens is 410 g/mol. The molecule has 0 fully saturated rings. The third kappa shape index (κ3) is 4.73. The minimum atomic E-state index is -0.172. The Bertz CT molecular complexity index is 1360. The van der Waals surface area contributed by atoms with Crippen molar-refractivity contribution in [3.63, 3.8) is 0 Å². The van der Waals surface area contributed by atoms with Crippen LogP contribution in [0, 0.1) is 19.3 Å². The Labute approximate surface area is 193 Å². The van der Waals surface area contributed by atoms with E-state index in [1.54, 1.807) is 16.9 Å². The van der Waals surface area contributed by atoms with Gasteiger partial charge in [-0.05, 0) is 58.8 Å². The zero-order valence-electron chi connectivity index (χ0n) is 18.7. The Morgan fingerprint density at radius 1 is 1.00 bits per heavy atom. The van der Waals surface area contributed by atoms with Crippen LogP contribution in [0.4, 0.5) is 0 Å². The molecule has 0 aliphatic heterocycles. The van der Waals surface area contributed by atoms with Gasteiger partial charge < -0.3 is 4.90 Å². The lowest BCUT2D eigenvalue weighted by molar-refractivity contribution is 0.105. The Hall–Kier alpha value is -4.50. The summed E-state index contributed by atoms with van der Waals surface area (Å²) in [5.41, 5.74) is 5.55. The SMILES string of the molecule is C#Cc1ccc(-c2cccc(C(=O)C(=CN(C)C)c3nnnn3-c3ccc(C)cc3)c2)cc1. The molecule has 0 bridgehead atoms. The van der Waals surface area contributed by atoms with Crippen LogP contribution in [0.25, 0.3) is 22.4 Å². The Morgan fingerprint density at radius 3 is 2.39 bits per heavy atom. The first-order chi connectivity index (χ1) is 16.0. The average molecular weight is 434 g/mol. The summed E-state index contributed by atoms with van der Waals surface area (Å²) in [6.45, 7) is 2.01. The second-order valence-electron chi connectivity index (χ2n) is 7.89. The van der Waals surface area contributed by atoms with Gasteiger partial charge in [0.05, 0.1) is 11.3 Å². The molecule has 1 aromatic heterocycles. The number of benzene rings is 3. The molecule has 0 N–H and O–H groups in total. The highest BCUT2D eigenvalue weighted by molar-refractivity contribution is 6.28. The van der Waals surface area contributed by atoms with Crippen LogP contribution >= 0.6 is 0 Å². The fraction of sp³-hybridized carbons (Fsp3) is 0.111. The van der Waals surface area contributed by atoms with Crippen molar-refractivity contribution in [3.8, 4) is 29.2 Å². The van der Waals surface area contributed by atoms with Crippen molar-refractivity contribution in [2.75, 3.05) is 14.1 Å². The Morgan fingerprint density at radius 2 is 1.73 bits per heavy atom. The van der Waals surface area contributed by atoms with Crippen LogP contribution in [0.15, 0.2) is 79.0 Å². The van der Waals surface area contributed by atoms with Crippen LogP contribution in [0.5, 0.6) is 0 Å². The Kier molecular flexibility index (Phi) is 6.14. The van der Waals surface area contributed by atoms with Gasteiger partial charge in [0.15, 0.2) is 11.6 Å². The first-order valence-corrected chi connectivity index (χ1v) is 10.4. The van der Waals surface area contributed by atoms with Crippen LogP contribution in [-0.4, -0.2) is 45.0 Å². The van der Waals surface area contributed by atoms with Crippen LogP contribution in [0.2, 0.25) is 0 Å². The number of Topliss-reactive ketones (excluding diaryl/α,β-unsaturated/α-hetero) is 1. The molecule has 4 rings (SSSR count). The summed E-state index contributed by atoms with van der Waals surface area (Å²) in [5, 5.41) is 12.2. The number of hydrogen-bond acceptors (Lipinski definition) is 5. The molecular formula is C27H23N5O. The predicted octanol–water partition coefficient (Wildman–Crippen LogP) is 4.40. The van der Waals surface area contributed by atoms with E-state index in [4.69, 9.17) is 6.42 Å². The van der Waals surface area contributed by atoms with Crippen LogP contribution < -0.4 is 0 Å². The smallest absolute Gasteiger partial charge is 0.198 e. The van der Waals surface area contributed by atoms with Gasteiger partial charge in [-0.2, -0.15) is 4.68 Å². The Balaban J connectivity index is 1.75. The van der Waals surface area contributed by atoms with Crippen LogP contribution in [0.1, 0.15) is 27.3 Å². The monoisotopic (exact) mass is 433 g/mol. The summed E-state index contributed by atoms with van der Waals surface area (Å²) in [6.07, 6.45) is 7.20. The molecule has 0 saturated carbocycles. The van der Waals surface area contributed by atoms with Crippen molar-refractivity contribution < 1.29 is 4.79 Å². The maximum atomic E-state index is 13.7. The lowest BCUT2D eigenvalue weighted by Crippen LogP contribution is -2.13. The fourth-order valence-electron chi connectivity index (χ4n) is 3.45.